The fraction of sp³-hybridized carbons (Fsp3) is 1.00. The molecule has 0 aromatic rings. The van der Waals surface area contributed by atoms with E-state index in [0.717, 1.165) is 0 Å². The minimum Gasteiger partial charge on any atom is -0.323 e. The summed E-state index contributed by atoms with van der Waals surface area (Å²) < 4.78 is 9.82. The van der Waals surface area contributed by atoms with E-state index in [1.807, 2.05) is 5.29 Å². The van der Waals surface area contributed by atoms with Crippen LogP contribution in [-0.4, -0.2) is 16.1 Å². The summed E-state index contributed by atoms with van der Waals surface area (Å²) in [6.45, 7) is 0. The van der Waals surface area contributed by atoms with Gasteiger partial charge in [0.05, 0.1) is 5.29 Å². The van der Waals surface area contributed by atoms with Gasteiger partial charge in [-0.1, -0.05) is 0 Å². The molecule has 0 aliphatic carbocycles. The SMILES string of the molecule is O=NNCP(=O)(O)O. The molecular formula is CH5N2O4P. The Morgan fingerprint density at radius 1 is 1.62 bits per heavy atom. The molecule has 8 heavy (non-hydrogen) atoms. The highest BCUT2D eigenvalue weighted by atomic mass is 31.2. The van der Waals surface area contributed by atoms with E-state index in [2.05, 4.69) is 0 Å². The standard InChI is InChI=1S/CH5N2O4P/c4-3-2-1-8(5,6)7/h1H2,(H,2,4)(H2,5,6,7). The second kappa shape index (κ2) is 2.76. The average molecular weight is 140 g/mol. The van der Waals surface area contributed by atoms with Crippen LogP contribution in [0.25, 0.3) is 0 Å². The first-order valence-electron chi connectivity index (χ1n) is 1.66. The van der Waals surface area contributed by atoms with Gasteiger partial charge in [0.2, 0.25) is 0 Å². The Balaban J connectivity index is 3.40. The first-order valence-corrected chi connectivity index (χ1v) is 3.46. The van der Waals surface area contributed by atoms with E-state index >= 15 is 0 Å². The summed E-state index contributed by atoms with van der Waals surface area (Å²) in [6, 6.07) is 0. The molecule has 0 rings (SSSR count). The molecule has 0 fully saturated rings. The molecule has 0 aliphatic rings. The Bertz CT molecular complexity index is 117. The van der Waals surface area contributed by atoms with Crippen molar-refractivity contribution in [1.82, 2.24) is 5.43 Å². The van der Waals surface area contributed by atoms with Crippen molar-refractivity contribution in [3.63, 3.8) is 0 Å². The highest BCUT2D eigenvalue weighted by molar-refractivity contribution is 7.51. The molecule has 0 aromatic carbocycles. The van der Waals surface area contributed by atoms with Crippen molar-refractivity contribution in [1.29, 1.82) is 0 Å². The molecule has 0 radical (unpaired) electrons. The number of hydrogen-bond acceptors (Lipinski definition) is 3. The van der Waals surface area contributed by atoms with Crippen molar-refractivity contribution in [3.8, 4) is 0 Å². The molecule has 0 aliphatic heterocycles. The minimum atomic E-state index is -4.09. The second-order valence-corrected chi connectivity index (χ2v) is 2.72. The lowest BCUT2D eigenvalue weighted by atomic mass is 11.5. The molecule has 0 unspecified atom stereocenters. The van der Waals surface area contributed by atoms with E-state index in [0.29, 0.717) is 0 Å². The smallest absolute Gasteiger partial charge is 0.323 e. The number of nitrogens with one attached hydrogen (secondary N) is 1. The fourth-order valence-electron chi connectivity index (χ4n) is 0.121. The third kappa shape index (κ3) is 5.55. The molecule has 7 heteroatoms. The van der Waals surface area contributed by atoms with Crippen LogP contribution in [0.2, 0.25) is 0 Å². The van der Waals surface area contributed by atoms with Gasteiger partial charge in [0.25, 0.3) is 0 Å². The molecule has 48 valence electrons. The quantitative estimate of drug-likeness (QED) is 0.276. The summed E-state index contributed by atoms with van der Waals surface area (Å²) in [4.78, 5) is 25.1. The van der Waals surface area contributed by atoms with Gasteiger partial charge in [-0.15, -0.1) is 4.91 Å². The normalized spacial score (nSPS) is 10.8. The second-order valence-electron chi connectivity index (χ2n) is 1.07. The van der Waals surface area contributed by atoms with Gasteiger partial charge in [-0.05, 0) is 0 Å². The van der Waals surface area contributed by atoms with E-state index in [1.165, 1.54) is 0 Å². The van der Waals surface area contributed by atoms with Crippen molar-refractivity contribution in [2.24, 2.45) is 5.29 Å². The molecule has 0 bridgehead atoms. The summed E-state index contributed by atoms with van der Waals surface area (Å²) in [7, 11) is -4.09. The molecule has 0 amide bonds. The van der Waals surface area contributed by atoms with Crippen LogP contribution < -0.4 is 5.43 Å². The third-order valence-corrected chi connectivity index (χ3v) is 0.895. The Morgan fingerprint density at radius 3 is 2.25 bits per heavy atom. The minimum absolute atomic E-state index is 0.698. The Hall–Kier alpha value is -0.450. The molecule has 0 spiro atoms. The maximum Gasteiger partial charge on any atom is 0.346 e. The van der Waals surface area contributed by atoms with Gasteiger partial charge in [-0.3, -0.25) is 9.99 Å². The van der Waals surface area contributed by atoms with E-state index in [9.17, 15) is 4.57 Å². The van der Waals surface area contributed by atoms with E-state index < -0.39 is 13.9 Å². The van der Waals surface area contributed by atoms with E-state index in [1.54, 1.807) is 5.43 Å². The lowest BCUT2D eigenvalue weighted by Gasteiger charge is -1.97. The topological polar surface area (TPSA) is 99.0 Å². The third-order valence-electron chi connectivity index (χ3n) is 0.341. The van der Waals surface area contributed by atoms with Gasteiger partial charge in [0, 0.05) is 0 Å². The molecule has 3 N–H and O–H groups in total. The monoisotopic (exact) mass is 140 g/mol. The van der Waals surface area contributed by atoms with Crippen LogP contribution >= 0.6 is 7.60 Å². The summed E-state index contributed by atoms with van der Waals surface area (Å²) in [5.41, 5.74) is 1.59. The van der Waals surface area contributed by atoms with Crippen LogP contribution in [0.3, 0.4) is 0 Å². The maximum atomic E-state index is 9.82. The van der Waals surface area contributed by atoms with Gasteiger partial charge in [0.1, 0.15) is 6.29 Å². The highest BCUT2D eigenvalue weighted by Gasteiger charge is 2.10. The van der Waals surface area contributed by atoms with Crippen molar-refractivity contribution >= 4 is 7.60 Å². The Labute approximate surface area is 45.0 Å². The van der Waals surface area contributed by atoms with Crippen LogP contribution in [0, 0.1) is 4.91 Å². The molecule has 6 nitrogen and oxygen atoms in total. The predicted molar refractivity (Wildman–Crippen MR) is 25.8 cm³/mol. The molecule has 0 aromatic heterocycles. The van der Waals surface area contributed by atoms with Crippen molar-refractivity contribution < 1.29 is 14.4 Å². The zero-order valence-corrected chi connectivity index (χ0v) is 4.71. The lowest BCUT2D eigenvalue weighted by Crippen LogP contribution is -2.05. The summed E-state index contributed by atoms with van der Waals surface area (Å²) in [5, 5.41) is 2.03. The Morgan fingerprint density at radius 2 is 2.12 bits per heavy atom. The predicted octanol–water partition coefficient (Wildman–Crippen LogP) is -0.607. The zero-order chi connectivity index (χ0) is 6.62. The van der Waals surface area contributed by atoms with Gasteiger partial charge < -0.3 is 9.79 Å². The number of nitrogens with zero attached hydrogens (tertiary/aromatic N) is 1. The average Bonchev–Trinajstić information content (AvgIpc) is 1.59. The highest BCUT2D eigenvalue weighted by Crippen LogP contribution is 2.31. The van der Waals surface area contributed by atoms with Crippen LogP contribution in [0.5, 0.6) is 0 Å². The summed E-state index contributed by atoms with van der Waals surface area (Å²) in [6.07, 6.45) is -0.698. The van der Waals surface area contributed by atoms with Gasteiger partial charge >= 0.3 is 7.60 Å². The van der Waals surface area contributed by atoms with Gasteiger partial charge in [0.15, 0.2) is 0 Å². The van der Waals surface area contributed by atoms with Gasteiger partial charge in [-0.25, -0.2) is 0 Å². The van der Waals surface area contributed by atoms with Crippen LogP contribution in [-0.2, 0) is 4.57 Å². The number of hydrogen-bond donors (Lipinski definition) is 3. The zero-order valence-electron chi connectivity index (χ0n) is 3.81. The molecular weight excluding hydrogens is 135 g/mol. The molecule has 0 saturated carbocycles. The first-order chi connectivity index (χ1) is 3.56. The van der Waals surface area contributed by atoms with Crippen molar-refractivity contribution in [3.05, 3.63) is 4.91 Å². The van der Waals surface area contributed by atoms with Crippen LogP contribution in [0.15, 0.2) is 5.29 Å². The molecule has 0 saturated heterocycles. The number of rotatable bonds is 3. The van der Waals surface area contributed by atoms with E-state index in [4.69, 9.17) is 14.7 Å². The molecule has 0 heterocycles. The lowest BCUT2D eigenvalue weighted by molar-refractivity contribution is 0.368. The van der Waals surface area contributed by atoms with Crippen LogP contribution in [0.1, 0.15) is 0 Å². The summed E-state index contributed by atoms with van der Waals surface area (Å²) in [5.74, 6) is 0. The first kappa shape index (κ1) is 7.55. The van der Waals surface area contributed by atoms with E-state index in [-0.39, 0.29) is 0 Å². The summed E-state index contributed by atoms with van der Waals surface area (Å²) >= 11 is 0. The van der Waals surface area contributed by atoms with Crippen molar-refractivity contribution in [2.45, 2.75) is 0 Å². The number of nitroso groups, excluding NO2 is 1. The molecule has 0 atom stereocenters. The maximum absolute atomic E-state index is 9.82. The van der Waals surface area contributed by atoms with Crippen molar-refractivity contribution in [2.75, 3.05) is 6.29 Å². The Kier molecular flexibility index (Phi) is 2.60. The largest absolute Gasteiger partial charge is 0.346 e. The fourth-order valence-corrected chi connectivity index (χ4v) is 0.363. The van der Waals surface area contributed by atoms with Gasteiger partial charge in [-0.2, -0.15) is 0 Å². The van der Waals surface area contributed by atoms with Crippen LogP contribution in [0.4, 0.5) is 0 Å².